The van der Waals surface area contributed by atoms with E-state index in [1.54, 1.807) is 0 Å². The van der Waals surface area contributed by atoms with Crippen molar-refractivity contribution in [2.45, 2.75) is 0 Å². The number of fused-ring (bicyclic) bond motifs is 6. The van der Waals surface area contributed by atoms with E-state index in [1.165, 1.54) is 27.3 Å². The van der Waals surface area contributed by atoms with E-state index in [9.17, 15) is 5.26 Å². The molecule has 0 aliphatic heterocycles. The SMILES string of the molecule is N#Cc1ccc(-c2cccc(-c3nc(-c4ccc5c(ccc6ccccc65)c4)nc(-c4ccc5c(c4)oc4cccc(-c6cccc(-c7ccccc7)c6)c45)n3)c2)cc1. The first-order valence-corrected chi connectivity index (χ1v) is 19.6. The van der Waals surface area contributed by atoms with Crippen LogP contribution >= 0.6 is 0 Å². The average Bonchev–Trinajstić information content (AvgIpc) is 3.70. The molecule has 0 fully saturated rings. The van der Waals surface area contributed by atoms with Crippen LogP contribution in [0.5, 0.6) is 0 Å². The zero-order valence-electron chi connectivity index (χ0n) is 31.7. The number of hydrogen-bond acceptors (Lipinski definition) is 5. The molecule has 11 rings (SSSR count). The van der Waals surface area contributed by atoms with Gasteiger partial charge in [0.25, 0.3) is 0 Å². The smallest absolute Gasteiger partial charge is 0.164 e. The van der Waals surface area contributed by atoms with Crippen molar-refractivity contribution in [1.82, 2.24) is 15.0 Å². The third-order valence-corrected chi connectivity index (χ3v) is 11.1. The Labute approximate surface area is 340 Å². The Kier molecular flexibility index (Phi) is 8.13. The fraction of sp³-hybridized carbons (Fsp3) is 0. The maximum absolute atomic E-state index is 9.36. The van der Waals surface area contributed by atoms with Gasteiger partial charge in [0.2, 0.25) is 0 Å². The summed E-state index contributed by atoms with van der Waals surface area (Å²) in [6.45, 7) is 0. The minimum absolute atomic E-state index is 0.547. The van der Waals surface area contributed by atoms with Gasteiger partial charge in [0.1, 0.15) is 11.2 Å². The summed E-state index contributed by atoms with van der Waals surface area (Å²) >= 11 is 0. The number of rotatable bonds is 6. The van der Waals surface area contributed by atoms with Crippen molar-refractivity contribution < 1.29 is 4.42 Å². The molecule has 11 aromatic rings. The highest BCUT2D eigenvalue weighted by molar-refractivity contribution is 6.13. The van der Waals surface area contributed by atoms with Gasteiger partial charge in [0.05, 0.1) is 11.6 Å². The predicted molar refractivity (Wildman–Crippen MR) is 239 cm³/mol. The van der Waals surface area contributed by atoms with E-state index in [2.05, 4.69) is 146 Å². The third kappa shape index (κ3) is 6.17. The quantitative estimate of drug-likeness (QED) is 0.158. The molecule has 0 amide bonds. The Bertz CT molecular complexity index is 3450. The molecule has 2 heterocycles. The maximum atomic E-state index is 9.36. The van der Waals surface area contributed by atoms with Crippen LogP contribution in [0.2, 0.25) is 0 Å². The molecule has 0 N–H and O–H groups in total. The van der Waals surface area contributed by atoms with Crippen molar-refractivity contribution in [3.8, 4) is 73.6 Å². The van der Waals surface area contributed by atoms with Crippen LogP contribution in [-0.4, -0.2) is 15.0 Å². The van der Waals surface area contributed by atoms with E-state index in [1.807, 2.05) is 54.6 Å². The fourth-order valence-corrected chi connectivity index (χ4v) is 8.19. The van der Waals surface area contributed by atoms with Crippen molar-refractivity contribution in [2.24, 2.45) is 0 Å². The number of hydrogen-bond donors (Lipinski definition) is 0. The van der Waals surface area contributed by atoms with Crippen molar-refractivity contribution >= 4 is 43.5 Å². The second kappa shape index (κ2) is 14.1. The minimum atomic E-state index is 0.547. The van der Waals surface area contributed by atoms with Crippen LogP contribution in [0, 0.1) is 11.3 Å². The first-order chi connectivity index (χ1) is 29.1. The molecule has 59 heavy (non-hydrogen) atoms. The van der Waals surface area contributed by atoms with Crippen LogP contribution < -0.4 is 0 Å². The fourth-order valence-electron chi connectivity index (χ4n) is 8.19. The zero-order valence-corrected chi connectivity index (χ0v) is 31.7. The van der Waals surface area contributed by atoms with Gasteiger partial charge in [-0.05, 0) is 103 Å². The van der Waals surface area contributed by atoms with Gasteiger partial charge in [-0.25, -0.2) is 15.0 Å². The largest absolute Gasteiger partial charge is 0.456 e. The molecule has 0 atom stereocenters. The van der Waals surface area contributed by atoms with E-state index in [0.29, 0.717) is 23.0 Å². The molecule has 0 aliphatic carbocycles. The average molecular weight is 753 g/mol. The maximum Gasteiger partial charge on any atom is 0.164 e. The van der Waals surface area contributed by atoms with Gasteiger partial charge in [0, 0.05) is 27.5 Å². The Hall–Kier alpha value is -8.20. The van der Waals surface area contributed by atoms with Gasteiger partial charge in [-0.15, -0.1) is 0 Å². The summed E-state index contributed by atoms with van der Waals surface area (Å²) in [5, 5.41) is 16.2. The van der Waals surface area contributed by atoms with Crippen LogP contribution in [0.4, 0.5) is 0 Å². The van der Waals surface area contributed by atoms with Crippen LogP contribution in [-0.2, 0) is 0 Å². The molecular formula is C54H32N4O. The lowest BCUT2D eigenvalue weighted by Crippen LogP contribution is -2.00. The van der Waals surface area contributed by atoms with Crippen molar-refractivity contribution in [2.75, 3.05) is 0 Å². The Morgan fingerprint density at radius 1 is 0.356 bits per heavy atom. The molecule has 0 spiro atoms. The lowest BCUT2D eigenvalue weighted by atomic mass is 9.96. The van der Waals surface area contributed by atoms with E-state index in [0.717, 1.165) is 66.3 Å². The van der Waals surface area contributed by atoms with Crippen molar-refractivity contribution in [3.05, 3.63) is 200 Å². The van der Waals surface area contributed by atoms with Crippen LogP contribution in [0.1, 0.15) is 5.56 Å². The zero-order chi connectivity index (χ0) is 39.3. The van der Waals surface area contributed by atoms with Crippen molar-refractivity contribution in [1.29, 1.82) is 5.26 Å². The number of nitrogens with zero attached hydrogens (tertiary/aromatic N) is 4. The summed E-state index contributed by atoms with van der Waals surface area (Å²) in [6, 6.07) is 68.8. The highest BCUT2D eigenvalue weighted by Gasteiger charge is 2.18. The molecule has 5 heteroatoms. The summed E-state index contributed by atoms with van der Waals surface area (Å²) in [6.07, 6.45) is 0. The van der Waals surface area contributed by atoms with Gasteiger partial charge in [0.15, 0.2) is 17.5 Å². The standard InChI is InChI=1S/C54H32N4O/c55-33-34-19-21-36(22-20-34)39-13-7-15-42(30-39)52-56-53(43-25-27-46-41(31-43)24-23-37-11-4-5-16-45(37)46)58-54(57-52)44-26-28-48-50(32-44)59-49-18-8-17-47(51(48)49)40-14-6-12-38(29-40)35-9-2-1-3-10-35/h1-32H. The van der Waals surface area contributed by atoms with Gasteiger partial charge in [-0.1, -0.05) is 146 Å². The number of nitriles is 1. The van der Waals surface area contributed by atoms with Gasteiger partial charge in [-0.2, -0.15) is 5.26 Å². The molecule has 9 aromatic carbocycles. The van der Waals surface area contributed by atoms with E-state index in [-0.39, 0.29) is 0 Å². The molecule has 0 aliphatic rings. The Morgan fingerprint density at radius 3 is 1.66 bits per heavy atom. The van der Waals surface area contributed by atoms with Gasteiger partial charge < -0.3 is 4.42 Å². The predicted octanol–water partition coefficient (Wildman–Crippen LogP) is 14.0. The van der Waals surface area contributed by atoms with Crippen LogP contribution in [0.3, 0.4) is 0 Å². The topological polar surface area (TPSA) is 75.6 Å². The summed E-state index contributed by atoms with van der Waals surface area (Å²) < 4.78 is 6.59. The molecule has 0 saturated carbocycles. The van der Waals surface area contributed by atoms with Gasteiger partial charge in [-0.3, -0.25) is 0 Å². The molecular weight excluding hydrogens is 721 g/mol. The Morgan fingerprint density at radius 2 is 0.898 bits per heavy atom. The summed E-state index contributed by atoms with van der Waals surface area (Å²) in [7, 11) is 0. The van der Waals surface area contributed by atoms with Crippen molar-refractivity contribution in [3.63, 3.8) is 0 Å². The minimum Gasteiger partial charge on any atom is -0.456 e. The second-order valence-corrected chi connectivity index (χ2v) is 14.7. The normalized spacial score (nSPS) is 11.4. The first-order valence-electron chi connectivity index (χ1n) is 19.6. The monoisotopic (exact) mass is 752 g/mol. The lowest BCUT2D eigenvalue weighted by Gasteiger charge is -2.11. The molecule has 274 valence electrons. The summed E-state index contributed by atoms with van der Waals surface area (Å²) in [4.78, 5) is 15.4. The van der Waals surface area contributed by atoms with E-state index >= 15 is 0 Å². The second-order valence-electron chi connectivity index (χ2n) is 14.7. The van der Waals surface area contributed by atoms with Crippen LogP contribution in [0.15, 0.2) is 199 Å². The van der Waals surface area contributed by atoms with Crippen LogP contribution in [0.25, 0.3) is 111 Å². The van der Waals surface area contributed by atoms with E-state index in [4.69, 9.17) is 19.4 Å². The Balaban J connectivity index is 1.05. The number of aromatic nitrogens is 3. The number of furan rings is 1. The lowest BCUT2D eigenvalue weighted by molar-refractivity contribution is 0.669. The molecule has 5 nitrogen and oxygen atoms in total. The molecule has 2 aromatic heterocycles. The number of benzene rings is 9. The van der Waals surface area contributed by atoms with E-state index < -0.39 is 0 Å². The molecule has 0 unspecified atom stereocenters. The highest BCUT2D eigenvalue weighted by atomic mass is 16.3. The first kappa shape index (κ1) is 34.1. The molecule has 0 saturated heterocycles. The van der Waals surface area contributed by atoms with Gasteiger partial charge >= 0.3 is 0 Å². The molecule has 0 radical (unpaired) electrons. The highest BCUT2D eigenvalue weighted by Crippen LogP contribution is 2.39. The molecule has 0 bridgehead atoms. The third-order valence-electron chi connectivity index (χ3n) is 11.1. The summed E-state index contributed by atoms with van der Waals surface area (Å²) in [5.74, 6) is 1.68. The summed E-state index contributed by atoms with van der Waals surface area (Å²) in [5.41, 5.74) is 11.4.